The van der Waals surface area contributed by atoms with Crippen molar-refractivity contribution in [3.05, 3.63) is 39.8 Å². The molecule has 37 heavy (non-hydrogen) atoms. The number of hydrogen-bond acceptors (Lipinski definition) is 7. The van der Waals surface area contributed by atoms with Crippen LogP contribution in [0.25, 0.3) is 10.4 Å². The molecular weight excluding hydrogens is 474 g/mol. The molecule has 11 heteroatoms. The van der Waals surface area contributed by atoms with Crippen molar-refractivity contribution in [3.8, 4) is 0 Å². The van der Waals surface area contributed by atoms with E-state index in [0.29, 0.717) is 17.5 Å². The van der Waals surface area contributed by atoms with Crippen LogP contribution in [0.5, 0.6) is 0 Å². The summed E-state index contributed by atoms with van der Waals surface area (Å²) in [5, 5.41) is 3.79. The van der Waals surface area contributed by atoms with Gasteiger partial charge >= 0.3 is 0 Å². The first kappa shape index (κ1) is 26.9. The maximum atomic E-state index is 14.1. The number of Topliss-reactive ketones (excluding diaryl/α,β-unsaturated/α-hetero) is 1. The first-order valence-corrected chi connectivity index (χ1v) is 13.1. The Morgan fingerprint density at radius 3 is 2.59 bits per heavy atom. The average molecular weight is 512 g/mol. The second-order valence-electron chi connectivity index (χ2n) is 10.6. The molecule has 2 N–H and O–H groups in total. The van der Waals surface area contributed by atoms with Crippen molar-refractivity contribution in [2.75, 3.05) is 50.8 Å². The van der Waals surface area contributed by atoms with Crippen molar-refractivity contribution >= 4 is 23.3 Å². The summed E-state index contributed by atoms with van der Waals surface area (Å²) in [6.45, 7) is 10.9. The van der Waals surface area contributed by atoms with Crippen LogP contribution in [0.4, 0.5) is 5.69 Å². The third-order valence-corrected chi connectivity index (χ3v) is 7.60. The molecule has 0 bridgehead atoms. The second-order valence-corrected chi connectivity index (χ2v) is 10.6. The molecule has 0 aliphatic carbocycles. The van der Waals surface area contributed by atoms with Gasteiger partial charge in [0.25, 0.3) is 0 Å². The predicted molar refractivity (Wildman–Crippen MR) is 139 cm³/mol. The van der Waals surface area contributed by atoms with Crippen molar-refractivity contribution in [1.29, 1.82) is 0 Å². The van der Waals surface area contributed by atoms with E-state index in [-0.39, 0.29) is 30.8 Å². The van der Waals surface area contributed by atoms with E-state index in [0.717, 1.165) is 44.8 Å². The van der Waals surface area contributed by atoms with Crippen molar-refractivity contribution < 1.29 is 19.1 Å². The molecule has 1 aromatic carbocycles. The lowest BCUT2D eigenvalue weighted by Crippen LogP contribution is -2.46. The van der Waals surface area contributed by atoms with Crippen LogP contribution in [0, 0.1) is 5.92 Å². The molecule has 0 spiro atoms. The van der Waals surface area contributed by atoms with Gasteiger partial charge in [0.2, 0.25) is 11.8 Å². The van der Waals surface area contributed by atoms with E-state index in [9.17, 15) is 14.4 Å². The Morgan fingerprint density at radius 2 is 1.97 bits per heavy atom. The monoisotopic (exact) mass is 511 g/mol. The average Bonchev–Trinajstić information content (AvgIpc) is 3.43. The fourth-order valence-corrected chi connectivity index (χ4v) is 5.86. The molecule has 3 saturated heterocycles. The number of primary amides is 1. The van der Waals surface area contributed by atoms with Crippen LogP contribution in [-0.2, 0) is 14.3 Å². The summed E-state index contributed by atoms with van der Waals surface area (Å²) in [7, 11) is 0. The topological polar surface area (TPSA) is 145 Å². The van der Waals surface area contributed by atoms with E-state index >= 15 is 0 Å². The quantitative estimate of drug-likeness (QED) is 0.306. The van der Waals surface area contributed by atoms with E-state index in [1.54, 1.807) is 6.07 Å². The third kappa shape index (κ3) is 5.58. The lowest BCUT2D eigenvalue weighted by Gasteiger charge is -2.36. The minimum atomic E-state index is -0.787. The summed E-state index contributed by atoms with van der Waals surface area (Å²) in [6, 6.07) is 4.11. The van der Waals surface area contributed by atoms with Gasteiger partial charge in [0.1, 0.15) is 12.6 Å². The van der Waals surface area contributed by atoms with Gasteiger partial charge in [-0.2, -0.15) is 0 Å². The maximum Gasteiger partial charge on any atom is 0.249 e. The number of nitrogens with zero attached hydrogens (tertiary/aromatic N) is 6. The van der Waals surface area contributed by atoms with Gasteiger partial charge in [-0.25, -0.2) is 0 Å². The van der Waals surface area contributed by atoms with Crippen LogP contribution in [0.3, 0.4) is 0 Å². The maximum absolute atomic E-state index is 14.1. The molecule has 3 aliphatic rings. The van der Waals surface area contributed by atoms with Crippen LogP contribution in [0.1, 0.15) is 55.5 Å². The summed E-state index contributed by atoms with van der Waals surface area (Å²) < 4.78 is 5.59. The van der Waals surface area contributed by atoms with Gasteiger partial charge < -0.3 is 20.3 Å². The Bertz CT molecular complexity index is 1080. The molecule has 1 aromatic rings. The Morgan fingerprint density at radius 1 is 1.24 bits per heavy atom. The summed E-state index contributed by atoms with van der Waals surface area (Å²) in [5.41, 5.74) is 16.6. The van der Waals surface area contributed by atoms with Gasteiger partial charge in [-0.3, -0.25) is 19.3 Å². The highest BCUT2D eigenvalue weighted by molar-refractivity contribution is 5.99. The minimum absolute atomic E-state index is 0.101. The fraction of sp³-hybridized carbons (Fsp3) is 0.654. The number of ether oxygens (including phenoxy) is 1. The lowest BCUT2D eigenvalue weighted by atomic mass is 9.85. The van der Waals surface area contributed by atoms with Crippen LogP contribution in [0.15, 0.2) is 23.3 Å². The number of benzene rings is 1. The number of fused-ring (bicyclic) bond motifs is 1. The molecule has 200 valence electrons. The van der Waals surface area contributed by atoms with Gasteiger partial charge in [0.15, 0.2) is 5.78 Å². The smallest absolute Gasteiger partial charge is 0.249 e. The van der Waals surface area contributed by atoms with E-state index in [4.69, 9.17) is 16.0 Å². The number of amides is 2. The number of ketones is 1. The first-order valence-electron chi connectivity index (χ1n) is 13.1. The van der Waals surface area contributed by atoms with Crippen molar-refractivity contribution in [1.82, 2.24) is 9.80 Å². The van der Waals surface area contributed by atoms with Crippen LogP contribution in [0.2, 0.25) is 0 Å². The molecule has 0 radical (unpaired) electrons. The standard InChI is InChI=1S/C26H37N7O4/c1-4-7-31-8-10-32(11-9-31)17-5-6-18(25(27)35)19(13-17)20(12-16(2)3)26(36)33-14-21(29-30-28)24-23(33)22(34)15-37-24/h5-6,13,16,20-21,23-24H,4,7-12,14-15H2,1-3H3,(H2,27,35)/t20-,21-,23+,24+/m0/s1. The molecule has 0 saturated carbocycles. The van der Waals surface area contributed by atoms with Crippen molar-refractivity contribution in [2.24, 2.45) is 16.8 Å². The first-order chi connectivity index (χ1) is 17.7. The van der Waals surface area contributed by atoms with Crippen LogP contribution in [-0.4, -0.2) is 91.5 Å². The normalized spacial score (nSPS) is 24.8. The van der Waals surface area contributed by atoms with Gasteiger partial charge in [-0.05, 0) is 54.6 Å². The highest BCUT2D eigenvalue weighted by Crippen LogP contribution is 2.37. The van der Waals surface area contributed by atoms with Crippen molar-refractivity contribution in [2.45, 2.75) is 57.7 Å². The fourth-order valence-electron chi connectivity index (χ4n) is 5.86. The van der Waals surface area contributed by atoms with Gasteiger partial charge in [0, 0.05) is 48.9 Å². The number of nitrogens with two attached hydrogens (primary N) is 1. The van der Waals surface area contributed by atoms with E-state index in [2.05, 4.69) is 26.7 Å². The molecule has 0 aromatic heterocycles. The number of piperazine rings is 1. The number of carbonyl (C=O) groups excluding carboxylic acids is 3. The van der Waals surface area contributed by atoms with Crippen LogP contribution < -0.4 is 10.6 Å². The van der Waals surface area contributed by atoms with Crippen LogP contribution >= 0.6 is 0 Å². The summed E-state index contributed by atoms with van der Waals surface area (Å²) in [4.78, 5) is 48.4. The number of hydrogen-bond donors (Lipinski definition) is 1. The number of azide groups is 1. The minimum Gasteiger partial charge on any atom is -0.369 e. The van der Waals surface area contributed by atoms with E-state index in [1.165, 1.54) is 4.90 Å². The van der Waals surface area contributed by atoms with Gasteiger partial charge in [-0.15, -0.1) is 0 Å². The largest absolute Gasteiger partial charge is 0.369 e. The zero-order valence-electron chi connectivity index (χ0n) is 21.9. The zero-order valence-corrected chi connectivity index (χ0v) is 21.9. The van der Waals surface area contributed by atoms with E-state index < -0.39 is 30.0 Å². The SMILES string of the molecule is CCCN1CCN(c2ccc(C(N)=O)c([C@H](CC(C)C)C(=O)N3C[C@H](N=[N+]=[N-])[C@H]4OCC(=O)[C@H]43)c2)CC1. The Labute approximate surface area is 217 Å². The molecule has 4 rings (SSSR count). The number of carbonyl (C=O) groups is 3. The molecule has 2 amide bonds. The Balaban J connectivity index is 1.68. The molecule has 0 unspecified atom stereocenters. The third-order valence-electron chi connectivity index (χ3n) is 7.60. The van der Waals surface area contributed by atoms with Gasteiger partial charge in [-0.1, -0.05) is 25.9 Å². The zero-order chi connectivity index (χ0) is 26.7. The summed E-state index contributed by atoms with van der Waals surface area (Å²) in [6.07, 6.45) is 0.943. The summed E-state index contributed by atoms with van der Waals surface area (Å²) in [5.74, 6) is -1.61. The van der Waals surface area contributed by atoms with Gasteiger partial charge in [0.05, 0.1) is 18.1 Å². The van der Waals surface area contributed by atoms with Crippen molar-refractivity contribution in [3.63, 3.8) is 0 Å². The number of anilines is 1. The lowest BCUT2D eigenvalue weighted by molar-refractivity contribution is -0.138. The molecule has 3 heterocycles. The molecule has 4 atom stereocenters. The number of rotatable bonds is 9. The number of likely N-dealkylation sites (tertiary alicyclic amines) is 1. The molecule has 11 nitrogen and oxygen atoms in total. The second kappa shape index (κ2) is 11.5. The van der Waals surface area contributed by atoms with E-state index in [1.807, 2.05) is 26.0 Å². The predicted octanol–water partition coefficient (Wildman–Crippen LogP) is 2.30. The molecular formula is C26H37N7O4. The Hall–Kier alpha value is -3.14. The molecule has 3 aliphatic heterocycles. The highest BCUT2D eigenvalue weighted by atomic mass is 16.5. The summed E-state index contributed by atoms with van der Waals surface area (Å²) >= 11 is 0. The highest BCUT2D eigenvalue weighted by Gasteiger charge is 2.53. The Kier molecular flexibility index (Phi) is 8.36. The molecule has 3 fully saturated rings.